The first kappa shape index (κ1) is 20.8. The summed E-state index contributed by atoms with van der Waals surface area (Å²) in [6.07, 6.45) is 8.15. The molecule has 0 N–H and O–H groups in total. The number of hydrogen-bond donors (Lipinski definition) is 0. The lowest BCUT2D eigenvalue weighted by molar-refractivity contribution is -0.660. The Hall–Kier alpha value is -3.12. The van der Waals surface area contributed by atoms with Crippen molar-refractivity contribution >= 4 is 27.6 Å². The lowest BCUT2D eigenvalue weighted by atomic mass is 9.81. The summed E-state index contributed by atoms with van der Waals surface area (Å²) >= 11 is 0. The van der Waals surface area contributed by atoms with Gasteiger partial charge in [0.15, 0.2) is 11.9 Å². The molecular formula is C29H31N2O+. The third kappa shape index (κ3) is 3.21. The van der Waals surface area contributed by atoms with Crippen molar-refractivity contribution in [3.05, 3.63) is 70.7 Å². The minimum atomic E-state index is 0.316. The van der Waals surface area contributed by atoms with E-state index >= 15 is 0 Å². The van der Waals surface area contributed by atoms with Crippen LogP contribution in [0.15, 0.2) is 47.0 Å². The van der Waals surface area contributed by atoms with Crippen molar-refractivity contribution in [3.8, 4) is 11.3 Å². The van der Waals surface area contributed by atoms with Gasteiger partial charge in [-0.1, -0.05) is 51.3 Å². The molecule has 0 radical (unpaired) electrons. The highest BCUT2D eigenvalue weighted by atomic mass is 16.3. The zero-order valence-electron chi connectivity index (χ0n) is 19.5. The predicted molar refractivity (Wildman–Crippen MR) is 131 cm³/mol. The summed E-state index contributed by atoms with van der Waals surface area (Å²) in [5.41, 5.74) is 8.55. The number of aryl methyl sites for hydroxylation is 2. The molecule has 3 nitrogen and oxygen atoms in total. The number of fused-ring (bicyclic) bond motifs is 3. The van der Waals surface area contributed by atoms with Gasteiger partial charge in [0, 0.05) is 28.5 Å². The summed E-state index contributed by atoms with van der Waals surface area (Å²) in [5.74, 6) is 0.728. The van der Waals surface area contributed by atoms with Crippen LogP contribution in [0.3, 0.4) is 0 Å². The quantitative estimate of drug-likeness (QED) is 0.241. The second kappa shape index (κ2) is 8.10. The lowest BCUT2D eigenvalue weighted by Crippen LogP contribution is -2.30. The first-order chi connectivity index (χ1) is 15.5. The van der Waals surface area contributed by atoms with E-state index in [2.05, 4.69) is 79.8 Å². The van der Waals surface area contributed by atoms with Crippen LogP contribution in [-0.4, -0.2) is 0 Å². The fourth-order valence-corrected chi connectivity index (χ4v) is 5.58. The molecule has 2 aromatic carbocycles. The molecule has 0 unspecified atom stereocenters. The molecule has 0 atom stereocenters. The average molecular weight is 424 g/mol. The molecule has 0 bridgehead atoms. The van der Waals surface area contributed by atoms with Crippen LogP contribution in [0.2, 0.25) is 0 Å². The maximum absolute atomic E-state index is 7.97. The number of hydrogen-bond acceptors (Lipinski definition) is 1. The fraction of sp³-hybridized carbons (Fsp3) is 0.379. The van der Waals surface area contributed by atoms with Crippen LogP contribution in [0.1, 0.15) is 74.5 Å². The van der Waals surface area contributed by atoms with Gasteiger partial charge in [-0.25, -0.2) is 9.41 Å². The third-order valence-electron chi connectivity index (χ3n) is 7.23. The molecule has 3 heteroatoms. The van der Waals surface area contributed by atoms with E-state index in [1.165, 1.54) is 41.2 Å². The number of aromatic nitrogens is 1. The monoisotopic (exact) mass is 423 g/mol. The van der Waals surface area contributed by atoms with Crippen LogP contribution in [0, 0.1) is 13.5 Å². The predicted octanol–water partition coefficient (Wildman–Crippen LogP) is 8.11. The standard InChI is InChI=1S/C29H31N2O/c1-18(2)22-17-23(30-4)26(20-11-7-6-8-12-20)29-27(22)21-15-14-19(3)25(28(21)32-29)24-13-9-10-16-31(24)5/h9-10,13-18,20H,6-8,11-12H2,1-3,5H3/q+1. The second-order valence-electron chi connectivity index (χ2n) is 9.64. The van der Waals surface area contributed by atoms with E-state index in [0.717, 1.165) is 46.5 Å². The summed E-state index contributed by atoms with van der Waals surface area (Å²) in [4.78, 5) is 4.01. The first-order valence-corrected chi connectivity index (χ1v) is 11.9. The molecule has 0 aliphatic heterocycles. The van der Waals surface area contributed by atoms with Crippen molar-refractivity contribution in [3.63, 3.8) is 0 Å². The van der Waals surface area contributed by atoms with Crippen LogP contribution in [0.5, 0.6) is 0 Å². The van der Waals surface area contributed by atoms with Gasteiger partial charge in [-0.2, -0.15) is 0 Å². The Morgan fingerprint density at radius 2 is 1.84 bits per heavy atom. The largest absolute Gasteiger partial charge is 0.456 e. The molecule has 2 heterocycles. The number of pyridine rings is 1. The highest BCUT2D eigenvalue weighted by Gasteiger charge is 2.28. The van der Waals surface area contributed by atoms with Gasteiger partial charge in [0.25, 0.3) is 0 Å². The Labute approximate surface area is 190 Å². The normalized spacial score (nSPS) is 15.0. The molecule has 2 aromatic heterocycles. The average Bonchev–Trinajstić information content (AvgIpc) is 3.18. The first-order valence-electron chi connectivity index (χ1n) is 11.9. The Kier molecular flexibility index (Phi) is 5.25. The number of benzene rings is 2. The summed E-state index contributed by atoms with van der Waals surface area (Å²) in [6, 6.07) is 12.9. The van der Waals surface area contributed by atoms with Gasteiger partial charge in [0.1, 0.15) is 18.2 Å². The number of furan rings is 1. The molecule has 1 aliphatic carbocycles. The maximum atomic E-state index is 7.97. The Bertz CT molecular complexity index is 1360. The molecular weight excluding hydrogens is 392 g/mol. The Balaban J connectivity index is 1.93. The van der Waals surface area contributed by atoms with Gasteiger partial charge in [-0.15, -0.1) is 0 Å². The lowest BCUT2D eigenvalue weighted by Gasteiger charge is -2.24. The molecule has 5 rings (SSSR count). The summed E-state index contributed by atoms with van der Waals surface area (Å²) in [5, 5.41) is 2.38. The fourth-order valence-electron chi connectivity index (χ4n) is 5.58. The molecule has 1 saturated carbocycles. The molecule has 1 aliphatic rings. The molecule has 32 heavy (non-hydrogen) atoms. The van der Waals surface area contributed by atoms with E-state index < -0.39 is 0 Å². The molecule has 0 spiro atoms. The van der Waals surface area contributed by atoms with Crippen molar-refractivity contribution in [2.24, 2.45) is 7.05 Å². The number of nitrogens with zero attached hydrogens (tertiary/aromatic N) is 2. The molecule has 1 fully saturated rings. The van der Waals surface area contributed by atoms with Gasteiger partial charge in [-0.05, 0) is 48.8 Å². The van der Waals surface area contributed by atoms with Crippen LogP contribution in [0.4, 0.5) is 5.69 Å². The highest BCUT2D eigenvalue weighted by Crippen LogP contribution is 2.48. The minimum Gasteiger partial charge on any atom is -0.456 e. The summed E-state index contributed by atoms with van der Waals surface area (Å²) in [7, 11) is 2.08. The van der Waals surface area contributed by atoms with Crippen molar-refractivity contribution in [1.82, 2.24) is 0 Å². The van der Waals surface area contributed by atoms with Gasteiger partial charge < -0.3 is 4.42 Å². The van der Waals surface area contributed by atoms with E-state index in [9.17, 15) is 0 Å². The SMILES string of the molecule is [C-]#[N+]c1cc(C(C)C)c2c(oc3c(-c4cccc[n+]4C)c(C)ccc32)c1C1CCCCC1. The third-order valence-corrected chi connectivity index (χ3v) is 7.23. The summed E-state index contributed by atoms with van der Waals surface area (Å²) in [6.45, 7) is 14.6. The number of rotatable bonds is 3. The zero-order valence-corrected chi connectivity index (χ0v) is 19.5. The molecule has 162 valence electrons. The molecule has 4 aromatic rings. The van der Waals surface area contributed by atoms with Gasteiger partial charge >= 0.3 is 0 Å². The van der Waals surface area contributed by atoms with Crippen molar-refractivity contribution in [1.29, 1.82) is 0 Å². The zero-order chi connectivity index (χ0) is 22.4. The van der Waals surface area contributed by atoms with E-state index in [4.69, 9.17) is 11.0 Å². The highest BCUT2D eigenvalue weighted by molar-refractivity contribution is 6.13. The van der Waals surface area contributed by atoms with Crippen LogP contribution >= 0.6 is 0 Å². The van der Waals surface area contributed by atoms with Crippen LogP contribution in [-0.2, 0) is 7.05 Å². The van der Waals surface area contributed by atoms with E-state index in [1.807, 2.05) is 0 Å². The van der Waals surface area contributed by atoms with Crippen molar-refractivity contribution in [2.75, 3.05) is 0 Å². The second-order valence-corrected chi connectivity index (χ2v) is 9.64. The van der Waals surface area contributed by atoms with Crippen LogP contribution < -0.4 is 4.57 Å². The van der Waals surface area contributed by atoms with Gasteiger partial charge in [0.2, 0.25) is 5.69 Å². The topological polar surface area (TPSA) is 21.4 Å². The maximum Gasteiger partial charge on any atom is 0.216 e. The van der Waals surface area contributed by atoms with Crippen molar-refractivity contribution in [2.45, 2.75) is 64.7 Å². The van der Waals surface area contributed by atoms with E-state index in [-0.39, 0.29) is 0 Å². The Morgan fingerprint density at radius 1 is 1.06 bits per heavy atom. The smallest absolute Gasteiger partial charge is 0.216 e. The summed E-state index contributed by atoms with van der Waals surface area (Å²) < 4.78 is 8.99. The van der Waals surface area contributed by atoms with Gasteiger partial charge in [-0.3, -0.25) is 0 Å². The van der Waals surface area contributed by atoms with Gasteiger partial charge in [0.05, 0.1) is 12.1 Å². The van der Waals surface area contributed by atoms with E-state index in [1.54, 1.807) is 0 Å². The van der Waals surface area contributed by atoms with Crippen molar-refractivity contribution < 1.29 is 8.98 Å². The van der Waals surface area contributed by atoms with Crippen LogP contribution in [0.25, 0.3) is 38.0 Å². The molecule has 0 amide bonds. The Morgan fingerprint density at radius 3 is 2.53 bits per heavy atom. The minimum absolute atomic E-state index is 0.316. The molecule has 0 saturated heterocycles. The van der Waals surface area contributed by atoms with E-state index in [0.29, 0.717) is 11.8 Å².